The van der Waals surface area contributed by atoms with Crippen molar-refractivity contribution in [3.8, 4) is 0 Å². The monoisotopic (exact) mass is 212 g/mol. The number of carbonyl (C=O) groups is 1. The number of ketones is 1. The van der Waals surface area contributed by atoms with E-state index in [0.717, 1.165) is 17.5 Å². The Morgan fingerprint density at radius 2 is 1.88 bits per heavy atom. The number of rotatable bonds is 3. The molecule has 0 spiro atoms. The van der Waals surface area contributed by atoms with Crippen LogP contribution in [0.15, 0.2) is 36.4 Å². The second-order valence-corrected chi connectivity index (χ2v) is 4.13. The van der Waals surface area contributed by atoms with Crippen molar-refractivity contribution >= 4 is 16.6 Å². The van der Waals surface area contributed by atoms with Crippen LogP contribution < -0.4 is 0 Å². The molecule has 0 radical (unpaired) electrons. The molecule has 2 rings (SSSR count). The van der Waals surface area contributed by atoms with Gasteiger partial charge in [-0.2, -0.15) is 0 Å². The van der Waals surface area contributed by atoms with E-state index >= 15 is 0 Å². The van der Waals surface area contributed by atoms with Gasteiger partial charge in [0.15, 0.2) is 5.78 Å². The maximum absolute atomic E-state index is 11.9. The second-order valence-electron chi connectivity index (χ2n) is 4.13. The molecule has 0 aliphatic carbocycles. The largest absolute Gasteiger partial charge is 0.294 e. The summed E-state index contributed by atoms with van der Waals surface area (Å²) in [4.78, 5) is 11.9. The Morgan fingerprint density at radius 3 is 2.62 bits per heavy atom. The lowest BCUT2D eigenvalue weighted by atomic mass is 9.96. The smallest absolute Gasteiger partial charge is 0.163 e. The third-order valence-corrected chi connectivity index (χ3v) is 2.98. The van der Waals surface area contributed by atoms with Crippen LogP contribution in [-0.4, -0.2) is 5.78 Å². The van der Waals surface area contributed by atoms with E-state index in [4.69, 9.17) is 0 Å². The molecule has 0 saturated carbocycles. The molecule has 1 nitrogen and oxygen atoms in total. The van der Waals surface area contributed by atoms with E-state index in [2.05, 4.69) is 12.1 Å². The topological polar surface area (TPSA) is 17.1 Å². The van der Waals surface area contributed by atoms with E-state index in [-0.39, 0.29) is 5.78 Å². The minimum Gasteiger partial charge on any atom is -0.294 e. The molecule has 2 aromatic carbocycles. The average Bonchev–Trinajstić information content (AvgIpc) is 2.30. The summed E-state index contributed by atoms with van der Waals surface area (Å²) in [7, 11) is 0. The summed E-state index contributed by atoms with van der Waals surface area (Å²) in [5.74, 6) is 0.255. The molecular weight excluding hydrogens is 196 g/mol. The summed E-state index contributed by atoms with van der Waals surface area (Å²) in [6.07, 6.45) is 1.55. The predicted octanol–water partition coefficient (Wildman–Crippen LogP) is 4.13. The zero-order valence-electron chi connectivity index (χ0n) is 9.79. The standard InChI is InChI=1S/C15H16O/c1-3-6-15(16)14-10-9-12-7-4-5-8-13(12)11(14)2/h4-5,7-10H,3,6H2,1-2H3. The lowest BCUT2D eigenvalue weighted by Gasteiger charge is -2.07. The molecule has 0 aromatic heterocycles. The van der Waals surface area contributed by atoms with Crippen molar-refractivity contribution in [1.82, 2.24) is 0 Å². The summed E-state index contributed by atoms with van der Waals surface area (Å²) >= 11 is 0. The summed E-state index contributed by atoms with van der Waals surface area (Å²) in [6, 6.07) is 12.2. The maximum atomic E-state index is 11.9. The summed E-state index contributed by atoms with van der Waals surface area (Å²) in [6.45, 7) is 4.07. The Kier molecular flexibility index (Phi) is 3.04. The van der Waals surface area contributed by atoms with Crippen LogP contribution >= 0.6 is 0 Å². The third kappa shape index (κ3) is 1.85. The molecule has 0 aliphatic heterocycles. The van der Waals surface area contributed by atoms with E-state index in [9.17, 15) is 4.79 Å². The fourth-order valence-corrected chi connectivity index (χ4v) is 2.09. The molecule has 0 N–H and O–H groups in total. The van der Waals surface area contributed by atoms with Crippen molar-refractivity contribution in [1.29, 1.82) is 0 Å². The van der Waals surface area contributed by atoms with Crippen LogP contribution in [0.3, 0.4) is 0 Å². The van der Waals surface area contributed by atoms with E-state index in [0.29, 0.717) is 6.42 Å². The molecule has 0 fully saturated rings. The Morgan fingerprint density at radius 1 is 1.12 bits per heavy atom. The van der Waals surface area contributed by atoms with Gasteiger partial charge < -0.3 is 0 Å². The first-order chi connectivity index (χ1) is 7.74. The molecule has 2 aromatic rings. The molecule has 0 unspecified atom stereocenters. The zero-order valence-corrected chi connectivity index (χ0v) is 9.79. The van der Waals surface area contributed by atoms with E-state index in [1.165, 1.54) is 10.8 Å². The average molecular weight is 212 g/mol. The minimum absolute atomic E-state index is 0.255. The second kappa shape index (κ2) is 4.48. The zero-order chi connectivity index (χ0) is 11.5. The van der Waals surface area contributed by atoms with Crippen molar-refractivity contribution in [3.63, 3.8) is 0 Å². The van der Waals surface area contributed by atoms with Crippen molar-refractivity contribution < 1.29 is 4.79 Å². The molecule has 0 atom stereocenters. The highest BCUT2D eigenvalue weighted by atomic mass is 16.1. The Labute approximate surface area is 96.1 Å². The van der Waals surface area contributed by atoms with Crippen LogP contribution in [0.25, 0.3) is 10.8 Å². The molecule has 0 saturated heterocycles. The van der Waals surface area contributed by atoms with Crippen LogP contribution in [0.5, 0.6) is 0 Å². The number of hydrogen-bond donors (Lipinski definition) is 0. The molecule has 1 heteroatoms. The van der Waals surface area contributed by atoms with Gasteiger partial charge in [-0.1, -0.05) is 43.3 Å². The molecule has 0 aliphatic rings. The van der Waals surface area contributed by atoms with Crippen LogP contribution in [-0.2, 0) is 0 Å². The summed E-state index contributed by atoms with van der Waals surface area (Å²) in [5, 5.41) is 2.39. The van der Waals surface area contributed by atoms with Gasteiger partial charge in [0.05, 0.1) is 0 Å². The van der Waals surface area contributed by atoms with E-state index in [1.807, 2.05) is 38.1 Å². The molecule has 0 bridgehead atoms. The van der Waals surface area contributed by atoms with Gasteiger partial charge >= 0.3 is 0 Å². The van der Waals surface area contributed by atoms with Gasteiger partial charge in [-0.25, -0.2) is 0 Å². The van der Waals surface area contributed by atoms with Gasteiger partial charge in [-0.15, -0.1) is 0 Å². The quantitative estimate of drug-likeness (QED) is 0.699. The van der Waals surface area contributed by atoms with Crippen molar-refractivity contribution in [2.75, 3.05) is 0 Å². The lowest BCUT2D eigenvalue weighted by Crippen LogP contribution is -2.01. The summed E-state index contributed by atoms with van der Waals surface area (Å²) in [5.41, 5.74) is 1.98. The Balaban J connectivity index is 2.56. The predicted molar refractivity (Wildman–Crippen MR) is 67.9 cm³/mol. The summed E-state index contributed by atoms with van der Waals surface area (Å²) < 4.78 is 0. The van der Waals surface area contributed by atoms with Gasteiger partial charge in [-0.05, 0) is 29.7 Å². The highest BCUT2D eigenvalue weighted by Gasteiger charge is 2.09. The molecule has 0 heterocycles. The maximum Gasteiger partial charge on any atom is 0.163 e. The number of benzene rings is 2. The number of fused-ring (bicyclic) bond motifs is 1. The normalized spacial score (nSPS) is 10.6. The van der Waals surface area contributed by atoms with Crippen LogP contribution in [0.1, 0.15) is 35.7 Å². The Hall–Kier alpha value is -1.63. The highest BCUT2D eigenvalue weighted by molar-refractivity contribution is 6.02. The van der Waals surface area contributed by atoms with Gasteiger partial charge in [0.25, 0.3) is 0 Å². The first kappa shape index (κ1) is 10.9. The third-order valence-electron chi connectivity index (χ3n) is 2.98. The van der Waals surface area contributed by atoms with Crippen molar-refractivity contribution in [2.45, 2.75) is 26.7 Å². The first-order valence-corrected chi connectivity index (χ1v) is 5.75. The fraction of sp³-hybridized carbons (Fsp3) is 0.267. The molecule has 16 heavy (non-hydrogen) atoms. The van der Waals surface area contributed by atoms with Gasteiger partial charge in [0.2, 0.25) is 0 Å². The Bertz CT molecular complexity index is 526. The van der Waals surface area contributed by atoms with Gasteiger partial charge in [-0.3, -0.25) is 4.79 Å². The lowest BCUT2D eigenvalue weighted by molar-refractivity contribution is 0.0981. The fourth-order valence-electron chi connectivity index (χ4n) is 2.09. The van der Waals surface area contributed by atoms with Gasteiger partial charge in [0, 0.05) is 12.0 Å². The number of hydrogen-bond acceptors (Lipinski definition) is 1. The van der Waals surface area contributed by atoms with Crippen molar-refractivity contribution in [3.05, 3.63) is 47.5 Å². The van der Waals surface area contributed by atoms with Crippen LogP contribution in [0, 0.1) is 6.92 Å². The number of aryl methyl sites for hydroxylation is 1. The van der Waals surface area contributed by atoms with Crippen molar-refractivity contribution in [2.24, 2.45) is 0 Å². The molecule has 0 amide bonds. The number of carbonyl (C=O) groups excluding carboxylic acids is 1. The van der Waals surface area contributed by atoms with Crippen LogP contribution in [0.4, 0.5) is 0 Å². The first-order valence-electron chi connectivity index (χ1n) is 5.75. The minimum atomic E-state index is 0.255. The highest BCUT2D eigenvalue weighted by Crippen LogP contribution is 2.22. The van der Waals surface area contributed by atoms with Gasteiger partial charge in [0.1, 0.15) is 0 Å². The van der Waals surface area contributed by atoms with E-state index < -0.39 is 0 Å². The SMILES string of the molecule is CCCC(=O)c1ccc2ccccc2c1C. The molecular formula is C15H16O. The van der Waals surface area contributed by atoms with E-state index in [1.54, 1.807) is 0 Å². The molecule has 82 valence electrons. The number of Topliss-reactive ketones (excluding diaryl/α,β-unsaturated/α-hetero) is 1. The van der Waals surface area contributed by atoms with Crippen LogP contribution in [0.2, 0.25) is 0 Å².